The van der Waals surface area contributed by atoms with E-state index in [1.807, 2.05) is 48.5 Å². The van der Waals surface area contributed by atoms with Gasteiger partial charge in [-0.1, -0.05) is 71.2 Å². The molecule has 1 aliphatic rings. The molecule has 0 radical (unpaired) electrons. The summed E-state index contributed by atoms with van der Waals surface area (Å²) in [5.74, 6) is 1.01. The van der Waals surface area contributed by atoms with Crippen LogP contribution < -0.4 is 10.6 Å². The van der Waals surface area contributed by atoms with Crippen molar-refractivity contribution < 1.29 is 4.39 Å². The summed E-state index contributed by atoms with van der Waals surface area (Å²) in [5.41, 5.74) is 3.90. The molecule has 10 heteroatoms. The van der Waals surface area contributed by atoms with Gasteiger partial charge in [0.25, 0.3) is 0 Å². The first kappa shape index (κ1) is 27.0. The van der Waals surface area contributed by atoms with Crippen molar-refractivity contribution in [3.05, 3.63) is 93.2 Å². The molecule has 2 N–H and O–H groups in total. The Hall–Kier alpha value is -3.23. The van der Waals surface area contributed by atoms with Gasteiger partial charge in [-0.2, -0.15) is 4.98 Å². The van der Waals surface area contributed by atoms with Gasteiger partial charge in [0.15, 0.2) is 5.65 Å². The maximum atomic E-state index is 14.5. The molecule has 2 aromatic heterocycles. The topological polar surface area (TPSA) is 67.7 Å². The minimum Gasteiger partial charge on any atom is -0.350 e. The minimum atomic E-state index is -0.355. The zero-order chi connectivity index (χ0) is 27.6. The first-order chi connectivity index (χ1) is 19.5. The van der Waals surface area contributed by atoms with E-state index in [9.17, 15) is 4.39 Å². The van der Waals surface area contributed by atoms with Gasteiger partial charge in [0.1, 0.15) is 22.9 Å². The third-order valence-electron chi connectivity index (χ3n) is 7.11. The van der Waals surface area contributed by atoms with E-state index in [2.05, 4.69) is 15.2 Å². The van der Waals surface area contributed by atoms with Crippen LogP contribution in [0.5, 0.6) is 0 Å². The molecule has 1 saturated heterocycles. The molecule has 3 heterocycles. The second-order valence-corrected chi connectivity index (χ2v) is 11.1. The number of fused-ring (bicyclic) bond motifs is 1. The highest BCUT2D eigenvalue weighted by Crippen LogP contribution is 2.38. The Morgan fingerprint density at radius 2 is 1.75 bits per heavy atom. The number of aromatic nitrogens is 4. The molecule has 6 nitrogen and oxygen atoms in total. The molecule has 3 aromatic carbocycles. The molecular weight excluding hydrogens is 570 g/mol. The summed E-state index contributed by atoms with van der Waals surface area (Å²) in [7, 11) is 0. The molecule has 0 bridgehead atoms. The molecule has 1 unspecified atom stereocenters. The fourth-order valence-electron chi connectivity index (χ4n) is 5.14. The Balaban J connectivity index is 1.54. The van der Waals surface area contributed by atoms with Gasteiger partial charge in [0, 0.05) is 29.2 Å². The van der Waals surface area contributed by atoms with Gasteiger partial charge in [-0.05, 0) is 62.2 Å². The maximum Gasteiger partial charge on any atom is 0.225 e. The van der Waals surface area contributed by atoms with Crippen LogP contribution in [-0.4, -0.2) is 32.6 Å². The van der Waals surface area contributed by atoms with Crippen LogP contribution in [0.1, 0.15) is 18.4 Å². The molecule has 0 saturated carbocycles. The highest BCUT2D eigenvalue weighted by molar-refractivity contribution is 6.39. The van der Waals surface area contributed by atoms with Crippen molar-refractivity contribution in [2.24, 2.45) is 5.92 Å². The number of imidazole rings is 1. The molecule has 1 aliphatic heterocycles. The van der Waals surface area contributed by atoms with Crippen LogP contribution in [-0.2, 0) is 13.1 Å². The third kappa shape index (κ3) is 5.52. The van der Waals surface area contributed by atoms with E-state index in [0.717, 1.165) is 31.5 Å². The molecule has 0 amide bonds. The fraction of sp³-hybridized carbons (Fsp3) is 0.233. The highest BCUT2D eigenvalue weighted by atomic mass is 35.5. The molecule has 40 heavy (non-hydrogen) atoms. The summed E-state index contributed by atoms with van der Waals surface area (Å²) in [4.78, 5) is 14.8. The van der Waals surface area contributed by atoms with E-state index in [1.165, 1.54) is 12.1 Å². The number of piperidine rings is 1. The zero-order valence-electron chi connectivity index (χ0n) is 21.5. The van der Waals surface area contributed by atoms with Crippen molar-refractivity contribution in [3.8, 4) is 22.6 Å². The van der Waals surface area contributed by atoms with Crippen LogP contribution in [0.25, 0.3) is 33.8 Å². The molecule has 1 fully saturated rings. The van der Waals surface area contributed by atoms with Crippen molar-refractivity contribution in [2.75, 3.05) is 18.4 Å². The fourth-order valence-corrected chi connectivity index (χ4v) is 5.90. The number of hydrogen-bond acceptors (Lipinski definition) is 5. The van der Waals surface area contributed by atoms with Crippen LogP contribution in [0.4, 0.5) is 10.3 Å². The van der Waals surface area contributed by atoms with Crippen LogP contribution in [0.2, 0.25) is 15.1 Å². The Bertz CT molecular complexity index is 1650. The van der Waals surface area contributed by atoms with Crippen molar-refractivity contribution in [1.29, 1.82) is 0 Å². The average molecular weight is 596 g/mol. The molecule has 1 atom stereocenters. The SMILES string of the molecule is Fc1ccc(Cl)cc1CNc1nc(-c2ccccc2)c2nc(-c3c(Cl)cccc3Cl)n(CC3CCCNC3)c2n1. The van der Waals surface area contributed by atoms with E-state index in [-0.39, 0.29) is 12.4 Å². The summed E-state index contributed by atoms with van der Waals surface area (Å²) in [5, 5.41) is 8.18. The van der Waals surface area contributed by atoms with Gasteiger partial charge >= 0.3 is 0 Å². The van der Waals surface area contributed by atoms with E-state index >= 15 is 0 Å². The number of hydrogen-bond donors (Lipinski definition) is 2. The predicted octanol–water partition coefficient (Wildman–Crippen LogP) is 7.87. The lowest BCUT2D eigenvalue weighted by Gasteiger charge is -2.24. The normalized spacial score (nSPS) is 15.4. The first-order valence-electron chi connectivity index (χ1n) is 13.1. The molecular formula is C30H26Cl3FN6. The second-order valence-electron chi connectivity index (χ2n) is 9.88. The van der Waals surface area contributed by atoms with Crippen molar-refractivity contribution in [3.63, 3.8) is 0 Å². The molecule has 204 valence electrons. The first-order valence-corrected chi connectivity index (χ1v) is 14.3. The maximum absolute atomic E-state index is 14.5. The minimum absolute atomic E-state index is 0.163. The number of benzene rings is 3. The van der Waals surface area contributed by atoms with Crippen LogP contribution in [0.3, 0.4) is 0 Å². The van der Waals surface area contributed by atoms with Crippen molar-refractivity contribution >= 4 is 51.9 Å². The van der Waals surface area contributed by atoms with Crippen LogP contribution >= 0.6 is 34.8 Å². The Morgan fingerprint density at radius 1 is 0.950 bits per heavy atom. The zero-order valence-corrected chi connectivity index (χ0v) is 23.7. The van der Waals surface area contributed by atoms with Gasteiger partial charge in [0.05, 0.1) is 15.6 Å². The lowest BCUT2D eigenvalue weighted by atomic mass is 9.99. The molecule has 0 spiro atoms. The number of halogens is 4. The monoisotopic (exact) mass is 594 g/mol. The van der Waals surface area contributed by atoms with E-state index in [4.69, 9.17) is 49.8 Å². The summed E-state index contributed by atoms with van der Waals surface area (Å²) >= 11 is 19.5. The van der Waals surface area contributed by atoms with Crippen LogP contribution in [0, 0.1) is 11.7 Å². The Kier molecular flexibility index (Phi) is 7.89. The lowest BCUT2D eigenvalue weighted by Crippen LogP contribution is -2.32. The molecule has 5 aromatic rings. The Labute approximate surface area is 246 Å². The molecule has 0 aliphatic carbocycles. The van der Waals surface area contributed by atoms with Crippen molar-refractivity contribution in [1.82, 2.24) is 24.8 Å². The lowest BCUT2D eigenvalue weighted by molar-refractivity contribution is 0.341. The quantitative estimate of drug-likeness (QED) is 0.200. The van der Waals surface area contributed by atoms with E-state index in [0.29, 0.717) is 67.3 Å². The smallest absolute Gasteiger partial charge is 0.225 e. The summed E-state index contributed by atoms with van der Waals surface area (Å²) in [6.07, 6.45) is 2.18. The van der Waals surface area contributed by atoms with E-state index in [1.54, 1.807) is 6.07 Å². The Morgan fingerprint density at radius 3 is 2.50 bits per heavy atom. The predicted molar refractivity (Wildman–Crippen MR) is 161 cm³/mol. The highest BCUT2D eigenvalue weighted by Gasteiger charge is 2.25. The number of nitrogens with one attached hydrogen (secondary N) is 2. The second kappa shape index (κ2) is 11.7. The van der Waals surface area contributed by atoms with Crippen molar-refractivity contribution in [2.45, 2.75) is 25.9 Å². The van der Waals surface area contributed by atoms with E-state index < -0.39 is 0 Å². The molecule has 6 rings (SSSR count). The number of nitrogens with zero attached hydrogens (tertiary/aromatic N) is 4. The van der Waals surface area contributed by atoms with Crippen LogP contribution in [0.15, 0.2) is 66.7 Å². The van der Waals surface area contributed by atoms with Gasteiger partial charge in [-0.3, -0.25) is 0 Å². The third-order valence-corrected chi connectivity index (χ3v) is 7.98. The number of anilines is 1. The summed E-state index contributed by atoms with van der Waals surface area (Å²) in [6, 6.07) is 19.7. The summed E-state index contributed by atoms with van der Waals surface area (Å²) in [6.45, 7) is 2.74. The van der Waals surface area contributed by atoms with Gasteiger partial charge in [-0.25, -0.2) is 14.4 Å². The van der Waals surface area contributed by atoms with Gasteiger partial charge in [0.2, 0.25) is 5.95 Å². The standard InChI is InChI=1S/C30H26Cl3FN6/c31-21-11-12-24(34)20(14-21)16-36-30-38-26(19-7-2-1-3-8-19)27-29(39-30)40(17-18-6-5-13-35-15-18)28(37-27)25-22(32)9-4-10-23(25)33/h1-4,7-12,14,18,35H,5-6,13,15-17H2,(H,36,38,39). The van der Waals surface area contributed by atoms with Gasteiger partial charge < -0.3 is 15.2 Å². The number of rotatable bonds is 7. The average Bonchev–Trinajstić information content (AvgIpc) is 3.31. The van der Waals surface area contributed by atoms with Gasteiger partial charge in [-0.15, -0.1) is 0 Å². The summed E-state index contributed by atoms with van der Waals surface area (Å²) < 4.78 is 16.6. The largest absolute Gasteiger partial charge is 0.350 e.